The highest BCUT2D eigenvalue weighted by atomic mass is 79.9. The summed E-state index contributed by atoms with van der Waals surface area (Å²) in [4.78, 5) is 23.1. The number of hydrogen-bond donors (Lipinski definition) is 1. The predicted molar refractivity (Wildman–Crippen MR) is 86.2 cm³/mol. The fraction of sp³-hybridized carbons (Fsp3) is 0.429. The number of primary amides is 1. The first kappa shape index (κ1) is 17.9. The zero-order chi connectivity index (χ0) is 17.2. The lowest BCUT2D eigenvalue weighted by molar-refractivity contribution is -0.121. The smallest absolute Gasteiger partial charge is 0.338 e. The summed E-state index contributed by atoms with van der Waals surface area (Å²) in [7, 11) is -3.88. The van der Waals surface area contributed by atoms with E-state index < -0.39 is 27.9 Å². The molecular weight excluding hydrogens is 388 g/mol. The zero-order valence-electron chi connectivity index (χ0n) is 12.5. The Labute approximate surface area is 143 Å². The highest BCUT2D eigenvalue weighted by Crippen LogP contribution is 2.31. The molecule has 0 saturated carbocycles. The quantitative estimate of drug-likeness (QED) is 0.743. The van der Waals surface area contributed by atoms with E-state index in [1.807, 2.05) is 0 Å². The van der Waals surface area contributed by atoms with Crippen LogP contribution >= 0.6 is 15.9 Å². The summed E-state index contributed by atoms with van der Waals surface area (Å²) < 4.78 is 31.7. The van der Waals surface area contributed by atoms with E-state index in [-0.39, 0.29) is 28.1 Å². The third kappa shape index (κ3) is 3.56. The molecule has 1 fully saturated rings. The SMILES string of the molecule is CCOC(=O)c1ccc(S(=O)(=O)N2CCC[C@@H]2C(N)=O)c(Br)c1. The number of rotatable bonds is 5. The van der Waals surface area contributed by atoms with Gasteiger partial charge in [-0.05, 0) is 53.9 Å². The minimum absolute atomic E-state index is 0.0151. The Kier molecular flexibility index (Phi) is 5.43. The Morgan fingerprint density at radius 1 is 1.43 bits per heavy atom. The fourth-order valence-electron chi connectivity index (χ4n) is 2.49. The van der Waals surface area contributed by atoms with E-state index in [1.54, 1.807) is 6.92 Å². The molecule has 7 nitrogen and oxygen atoms in total. The molecule has 1 amide bonds. The first-order chi connectivity index (χ1) is 10.8. The summed E-state index contributed by atoms with van der Waals surface area (Å²) in [5.41, 5.74) is 5.52. The number of nitrogens with two attached hydrogens (primary N) is 1. The van der Waals surface area contributed by atoms with Crippen molar-refractivity contribution in [3.8, 4) is 0 Å². The highest BCUT2D eigenvalue weighted by Gasteiger charge is 2.39. The molecule has 1 heterocycles. The van der Waals surface area contributed by atoms with Crippen LogP contribution in [0.25, 0.3) is 0 Å². The van der Waals surface area contributed by atoms with Crippen LogP contribution in [-0.4, -0.2) is 43.8 Å². The third-order valence-corrected chi connectivity index (χ3v) is 6.45. The molecule has 0 unspecified atom stereocenters. The van der Waals surface area contributed by atoms with Crippen LogP contribution in [0.15, 0.2) is 27.6 Å². The van der Waals surface area contributed by atoms with Crippen molar-refractivity contribution in [1.82, 2.24) is 4.31 Å². The normalized spacial score (nSPS) is 18.8. The first-order valence-corrected chi connectivity index (χ1v) is 9.30. The molecule has 1 atom stereocenters. The first-order valence-electron chi connectivity index (χ1n) is 7.07. The number of sulfonamides is 1. The average molecular weight is 405 g/mol. The van der Waals surface area contributed by atoms with Crippen molar-refractivity contribution in [3.63, 3.8) is 0 Å². The molecule has 1 saturated heterocycles. The number of benzene rings is 1. The van der Waals surface area contributed by atoms with Crippen LogP contribution in [0.4, 0.5) is 0 Å². The van der Waals surface area contributed by atoms with Gasteiger partial charge in [0.1, 0.15) is 6.04 Å². The van der Waals surface area contributed by atoms with Gasteiger partial charge in [0, 0.05) is 11.0 Å². The van der Waals surface area contributed by atoms with Crippen LogP contribution in [0.3, 0.4) is 0 Å². The Balaban J connectivity index is 2.37. The van der Waals surface area contributed by atoms with Gasteiger partial charge in [0.15, 0.2) is 0 Å². The Morgan fingerprint density at radius 3 is 2.70 bits per heavy atom. The van der Waals surface area contributed by atoms with E-state index in [1.165, 1.54) is 18.2 Å². The molecule has 0 bridgehead atoms. The number of carbonyl (C=O) groups is 2. The molecule has 0 radical (unpaired) electrons. The van der Waals surface area contributed by atoms with Crippen molar-refractivity contribution in [2.75, 3.05) is 13.2 Å². The maximum atomic E-state index is 12.7. The molecule has 0 spiro atoms. The van der Waals surface area contributed by atoms with E-state index in [0.717, 1.165) is 4.31 Å². The number of amides is 1. The van der Waals surface area contributed by atoms with Crippen molar-refractivity contribution in [3.05, 3.63) is 28.2 Å². The highest BCUT2D eigenvalue weighted by molar-refractivity contribution is 9.10. The molecule has 23 heavy (non-hydrogen) atoms. The van der Waals surface area contributed by atoms with E-state index in [4.69, 9.17) is 10.5 Å². The minimum atomic E-state index is -3.88. The van der Waals surface area contributed by atoms with Gasteiger partial charge in [-0.15, -0.1) is 0 Å². The van der Waals surface area contributed by atoms with Crippen molar-refractivity contribution in [1.29, 1.82) is 0 Å². The number of nitrogens with zero attached hydrogens (tertiary/aromatic N) is 1. The molecule has 0 aliphatic carbocycles. The van der Waals surface area contributed by atoms with Crippen LogP contribution in [0.2, 0.25) is 0 Å². The van der Waals surface area contributed by atoms with Gasteiger partial charge in [-0.1, -0.05) is 0 Å². The lowest BCUT2D eigenvalue weighted by Crippen LogP contribution is -2.43. The van der Waals surface area contributed by atoms with Gasteiger partial charge in [0.05, 0.1) is 17.1 Å². The molecule has 2 N–H and O–H groups in total. The van der Waals surface area contributed by atoms with Gasteiger partial charge >= 0.3 is 5.97 Å². The standard InChI is InChI=1S/C14H17BrN2O5S/c1-2-22-14(19)9-5-6-12(10(15)8-9)23(20,21)17-7-3-4-11(17)13(16)18/h5-6,8,11H,2-4,7H2,1H3,(H2,16,18)/t11-/m1/s1. The van der Waals surface area contributed by atoms with E-state index >= 15 is 0 Å². The molecule has 1 aromatic rings. The number of halogens is 1. The molecule has 126 valence electrons. The summed E-state index contributed by atoms with van der Waals surface area (Å²) in [6.45, 7) is 2.15. The van der Waals surface area contributed by atoms with Crippen molar-refractivity contribution in [2.45, 2.75) is 30.7 Å². The number of hydrogen-bond acceptors (Lipinski definition) is 5. The number of carbonyl (C=O) groups excluding carboxylic acids is 2. The van der Waals surface area contributed by atoms with Crippen LogP contribution < -0.4 is 5.73 Å². The van der Waals surface area contributed by atoms with E-state index in [0.29, 0.717) is 12.8 Å². The maximum Gasteiger partial charge on any atom is 0.338 e. The Hall–Kier alpha value is -1.45. The second kappa shape index (κ2) is 6.98. The number of esters is 1. The topological polar surface area (TPSA) is 107 Å². The molecule has 9 heteroatoms. The maximum absolute atomic E-state index is 12.7. The van der Waals surface area contributed by atoms with Crippen molar-refractivity contribution in [2.24, 2.45) is 5.73 Å². The summed E-state index contributed by atoms with van der Waals surface area (Å²) in [5.74, 6) is -1.20. The second-order valence-corrected chi connectivity index (χ2v) is 7.76. The summed E-state index contributed by atoms with van der Waals surface area (Å²) in [5, 5.41) is 0. The lowest BCUT2D eigenvalue weighted by Gasteiger charge is -2.22. The van der Waals surface area contributed by atoms with Crippen molar-refractivity contribution < 1.29 is 22.7 Å². The monoisotopic (exact) mass is 404 g/mol. The summed E-state index contributed by atoms with van der Waals surface area (Å²) >= 11 is 3.18. The second-order valence-electron chi connectivity index (χ2n) is 5.04. The van der Waals surface area contributed by atoms with Crippen LogP contribution in [0.5, 0.6) is 0 Å². The average Bonchev–Trinajstić information content (AvgIpc) is 2.97. The Morgan fingerprint density at radius 2 is 2.13 bits per heavy atom. The fourth-order valence-corrected chi connectivity index (χ4v) is 5.19. The van der Waals surface area contributed by atoms with Gasteiger partial charge in [-0.25, -0.2) is 13.2 Å². The van der Waals surface area contributed by atoms with Gasteiger partial charge in [0.25, 0.3) is 0 Å². The van der Waals surface area contributed by atoms with Gasteiger partial charge in [0.2, 0.25) is 15.9 Å². The van der Waals surface area contributed by atoms with Crippen LogP contribution in [0, 0.1) is 0 Å². The molecule has 2 rings (SSSR count). The summed E-state index contributed by atoms with van der Waals surface area (Å²) in [6, 6.07) is 3.25. The van der Waals surface area contributed by atoms with Gasteiger partial charge in [-0.2, -0.15) is 4.31 Å². The van der Waals surface area contributed by atoms with Gasteiger partial charge < -0.3 is 10.5 Å². The van der Waals surface area contributed by atoms with Gasteiger partial charge in [-0.3, -0.25) is 4.79 Å². The Bertz CT molecular complexity index is 735. The molecule has 1 aliphatic heterocycles. The van der Waals surface area contributed by atoms with E-state index in [2.05, 4.69) is 15.9 Å². The molecule has 0 aromatic heterocycles. The van der Waals surface area contributed by atoms with Crippen LogP contribution in [-0.2, 0) is 19.6 Å². The summed E-state index contributed by atoms with van der Waals surface area (Å²) in [6.07, 6.45) is 0.985. The molecule has 1 aliphatic rings. The molecule has 1 aromatic carbocycles. The number of ether oxygens (including phenoxy) is 1. The zero-order valence-corrected chi connectivity index (χ0v) is 14.9. The van der Waals surface area contributed by atoms with Crippen LogP contribution in [0.1, 0.15) is 30.1 Å². The molecular formula is C14H17BrN2O5S. The van der Waals surface area contributed by atoms with E-state index in [9.17, 15) is 18.0 Å². The van der Waals surface area contributed by atoms with Crippen molar-refractivity contribution >= 4 is 37.8 Å². The largest absolute Gasteiger partial charge is 0.462 e. The predicted octanol–water partition coefficient (Wildman–Crippen LogP) is 1.26. The minimum Gasteiger partial charge on any atom is -0.462 e. The lowest BCUT2D eigenvalue weighted by atomic mass is 10.2. The third-order valence-electron chi connectivity index (χ3n) is 3.56.